The second-order valence-electron chi connectivity index (χ2n) is 8.09. The molecule has 34 heavy (non-hydrogen) atoms. The molecule has 1 aliphatic heterocycles. The molecule has 0 spiro atoms. The van der Waals surface area contributed by atoms with E-state index >= 15 is 0 Å². The molecule has 3 heterocycles. The molecule has 0 aliphatic carbocycles. The predicted molar refractivity (Wildman–Crippen MR) is 119 cm³/mol. The molecule has 4 aromatic rings. The van der Waals surface area contributed by atoms with E-state index in [0.29, 0.717) is 12.0 Å². The van der Waals surface area contributed by atoms with Crippen molar-refractivity contribution in [1.82, 2.24) is 20.4 Å². The Kier molecular flexibility index (Phi) is 5.67. The van der Waals surface area contributed by atoms with Gasteiger partial charge in [-0.3, -0.25) is 9.59 Å². The lowest BCUT2D eigenvalue weighted by Gasteiger charge is -2.35. The summed E-state index contributed by atoms with van der Waals surface area (Å²) < 4.78 is 23.8. The number of hydrogen-bond acceptors (Lipinski definition) is 6. The number of rotatable bonds is 5. The average molecular weight is 460 g/mol. The molecule has 0 fully saturated rings. The highest BCUT2D eigenvalue weighted by Crippen LogP contribution is 2.26. The molecule has 0 radical (unpaired) electrons. The molecule has 2 aromatic carbocycles. The molecule has 5 rings (SSSR count). The van der Waals surface area contributed by atoms with E-state index in [-0.39, 0.29) is 41.7 Å². The van der Waals surface area contributed by atoms with E-state index in [1.54, 1.807) is 31.2 Å². The fraction of sp³-hybridized carbons (Fsp3) is 0.200. The maximum absolute atomic E-state index is 13.3. The lowest BCUT2D eigenvalue weighted by Crippen LogP contribution is -2.52. The Morgan fingerprint density at radius 3 is 2.59 bits per heavy atom. The van der Waals surface area contributed by atoms with Gasteiger partial charge in [0.2, 0.25) is 17.6 Å². The first kappa shape index (κ1) is 21.6. The maximum Gasteiger partial charge on any atom is 0.290 e. The van der Waals surface area contributed by atoms with Crippen LogP contribution < -0.4 is 5.32 Å². The summed E-state index contributed by atoms with van der Waals surface area (Å²) in [5.74, 6) is -0.404. The number of nitrogens with zero attached hydrogens (tertiary/aromatic N) is 3. The summed E-state index contributed by atoms with van der Waals surface area (Å²) in [5.41, 5.74) is 2.59. The predicted octanol–water partition coefficient (Wildman–Crippen LogP) is 3.91. The van der Waals surface area contributed by atoms with Crippen molar-refractivity contribution in [1.29, 1.82) is 0 Å². The molecule has 0 bridgehead atoms. The second-order valence-corrected chi connectivity index (χ2v) is 8.09. The average Bonchev–Trinajstić information content (AvgIpc) is 3.56. The van der Waals surface area contributed by atoms with Crippen LogP contribution in [0.4, 0.5) is 4.39 Å². The normalized spacial score (nSPS) is 16.1. The second kappa shape index (κ2) is 8.93. The van der Waals surface area contributed by atoms with E-state index in [1.807, 2.05) is 24.3 Å². The standard InChI is InChI=1S/C25H21FN4O4/c1-15(24-28-22(29-34-24)16-8-10-19(26)11-9-16)27-23(31)20-13-17-5-2-3-6-18(17)14-30(20)25(32)21-7-4-12-33-21/h2-12,15,20H,13-14H2,1H3,(H,27,31). The number of halogens is 1. The third-order valence-electron chi connectivity index (χ3n) is 5.82. The summed E-state index contributed by atoms with van der Waals surface area (Å²) in [6.07, 6.45) is 1.79. The zero-order valence-corrected chi connectivity index (χ0v) is 18.3. The number of amides is 2. The van der Waals surface area contributed by atoms with Crippen LogP contribution in [0.25, 0.3) is 11.4 Å². The lowest BCUT2D eigenvalue weighted by molar-refractivity contribution is -0.127. The van der Waals surface area contributed by atoms with Crippen molar-refractivity contribution in [2.75, 3.05) is 0 Å². The molecule has 8 nitrogen and oxygen atoms in total. The largest absolute Gasteiger partial charge is 0.459 e. The van der Waals surface area contributed by atoms with Crippen LogP contribution in [0.2, 0.25) is 0 Å². The van der Waals surface area contributed by atoms with Crippen molar-refractivity contribution in [3.05, 3.63) is 95.5 Å². The van der Waals surface area contributed by atoms with Gasteiger partial charge in [-0.1, -0.05) is 29.4 Å². The Hall–Kier alpha value is -4.27. The monoisotopic (exact) mass is 460 g/mol. The number of carbonyl (C=O) groups excluding carboxylic acids is 2. The highest BCUT2D eigenvalue weighted by molar-refractivity contribution is 5.96. The topological polar surface area (TPSA) is 101 Å². The zero-order chi connectivity index (χ0) is 23.7. The minimum Gasteiger partial charge on any atom is -0.459 e. The van der Waals surface area contributed by atoms with Crippen molar-refractivity contribution in [2.45, 2.75) is 32.0 Å². The highest BCUT2D eigenvalue weighted by atomic mass is 19.1. The summed E-state index contributed by atoms with van der Waals surface area (Å²) in [4.78, 5) is 32.3. The van der Waals surface area contributed by atoms with Crippen LogP contribution in [-0.2, 0) is 17.8 Å². The van der Waals surface area contributed by atoms with Crippen molar-refractivity contribution < 1.29 is 22.9 Å². The Morgan fingerprint density at radius 1 is 1.09 bits per heavy atom. The minimum absolute atomic E-state index is 0.172. The summed E-state index contributed by atoms with van der Waals surface area (Å²) in [6.45, 7) is 2.01. The molecule has 0 saturated carbocycles. The first-order chi connectivity index (χ1) is 16.5. The van der Waals surface area contributed by atoms with E-state index in [4.69, 9.17) is 8.94 Å². The quantitative estimate of drug-likeness (QED) is 0.485. The molecule has 2 unspecified atom stereocenters. The van der Waals surface area contributed by atoms with Crippen molar-refractivity contribution in [2.24, 2.45) is 0 Å². The third kappa shape index (κ3) is 4.19. The Bertz CT molecular complexity index is 1320. The minimum atomic E-state index is -0.741. The molecule has 9 heteroatoms. The summed E-state index contributed by atoms with van der Waals surface area (Å²) in [5, 5.41) is 6.81. The summed E-state index contributed by atoms with van der Waals surface area (Å²) in [7, 11) is 0. The van der Waals surface area contributed by atoms with Gasteiger partial charge in [-0.15, -0.1) is 0 Å². The van der Waals surface area contributed by atoms with Crippen LogP contribution in [0, 0.1) is 5.82 Å². The van der Waals surface area contributed by atoms with Crippen LogP contribution in [-0.4, -0.2) is 32.9 Å². The third-order valence-corrected chi connectivity index (χ3v) is 5.82. The maximum atomic E-state index is 13.3. The van der Waals surface area contributed by atoms with Gasteiger partial charge in [0.25, 0.3) is 5.91 Å². The zero-order valence-electron chi connectivity index (χ0n) is 18.3. The molecule has 1 N–H and O–H groups in total. The number of aromatic nitrogens is 2. The van der Waals surface area contributed by atoms with Gasteiger partial charge in [0.05, 0.1) is 6.26 Å². The van der Waals surface area contributed by atoms with E-state index in [2.05, 4.69) is 15.5 Å². The van der Waals surface area contributed by atoms with E-state index in [0.717, 1.165) is 11.1 Å². The summed E-state index contributed by atoms with van der Waals surface area (Å²) >= 11 is 0. The molecular formula is C25H21FN4O4. The van der Waals surface area contributed by atoms with Gasteiger partial charge in [-0.25, -0.2) is 4.39 Å². The van der Waals surface area contributed by atoms with Crippen molar-refractivity contribution in [3.8, 4) is 11.4 Å². The van der Waals surface area contributed by atoms with E-state index < -0.39 is 12.1 Å². The van der Waals surface area contributed by atoms with Crippen molar-refractivity contribution >= 4 is 11.8 Å². The number of fused-ring (bicyclic) bond motifs is 1. The first-order valence-electron chi connectivity index (χ1n) is 10.8. The van der Waals surface area contributed by atoms with E-state index in [9.17, 15) is 14.0 Å². The molecule has 2 amide bonds. The molecule has 172 valence electrons. The van der Waals surface area contributed by atoms with Crippen LogP contribution in [0.15, 0.2) is 75.9 Å². The molecule has 0 saturated heterocycles. The lowest BCUT2D eigenvalue weighted by atomic mass is 9.93. The van der Waals surface area contributed by atoms with Gasteiger partial charge in [0, 0.05) is 18.5 Å². The smallest absolute Gasteiger partial charge is 0.290 e. The number of hydrogen-bond donors (Lipinski definition) is 1. The number of furan rings is 1. The van der Waals surface area contributed by atoms with Crippen LogP contribution in [0.3, 0.4) is 0 Å². The summed E-state index contributed by atoms with van der Waals surface area (Å²) in [6, 6.07) is 15.3. The van der Waals surface area contributed by atoms with Crippen LogP contribution >= 0.6 is 0 Å². The van der Waals surface area contributed by atoms with Crippen LogP contribution in [0.1, 0.15) is 40.5 Å². The Balaban J connectivity index is 1.35. The van der Waals surface area contributed by atoms with Gasteiger partial charge in [-0.05, 0) is 54.4 Å². The van der Waals surface area contributed by atoms with Gasteiger partial charge in [-0.2, -0.15) is 4.98 Å². The molecular weight excluding hydrogens is 439 g/mol. The van der Waals surface area contributed by atoms with Gasteiger partial charge in [0.1, 0.15) is 17.9 Å². The first-order valence-corrected chi connectivity index (χ1v) is 10.8. The van der Waals surface area contributed by atoms with Crippen LogP contribution in [0.5, 0.6) is 0 Å². The van der Waals surface area contributed by atoms with Crippen molar-refractivity contribution in [3.63, 3.8) is 0 Å². The molecule has 2 atom stereocenters. The fourth-order valence-electron chi connectivity index (χ4n) is 4.01. The Morgan fingerprint density at radius 2 is 1.85 bits per heavy atom. The van der Waals surface area contributed by atoms with E-state index in [1.165, 1.54) is 23.3 Å². The SMILES string of the molecule is CC(NC(=O)C1Cc2ccccc2CN1C(=O)c1ccco1)c1nc(-c2ccc(F)cc2)no1. The number of nitrogens with one attached hydrogen (secondary N) is 1. The number of benzene rings is 2. The van der Waals surface area contributed by atoms with Gasteiger partial charge < -0.3 is 19.2 Å². The van der Waals surface area contributed by atoms with Gasteiger partial charge >= 0.3 is 0 Å². The fourth-order valence-corrected chi connectivity index (χ4v) is 4.01. The highest BCUT2D eigenvalue weighted by Gasteiger charge is 2.36. The Labute approximate surface area is 194 Å². The van der Waals surface area contributed by atoms with Gasteiger partial charge in [0.15, 0.2) is 5.76 Å². The number of carbonyl (C=O) groups is 2. The molecule has 1 aliphatic rings. The molecule has 2 aromatic heterocycles.